The Morgan fingerprint density at radius 3 is 2.77 bits per heavy atom. The van der Waals surface area contributed by atoms with E-state index >= 15 is 0 Å². The van der Waals surface area contributed by atoms with Crippen molar-refractivity contribution in [1.29, 1.82) is 5.41 Å². The van der Waals surface area contributed by atoms with E-state index in [9.17, 15) is 0 Å². The first-order valence-electron chi connectivity index (χ1n) is 11.9. The molecule has 0 amide bonds. The molecule has 1 fully saturated rings. The van der Waals surface area contributed by atoms with Crippen LogP contribution in [0.3, 0.4) is 0 Å². The molecule has 1 aliphatic rings. The van der Waals surface area contributed by atoms with E-state index < -0.39 is 0 Å². The van der Waals surface area contributed by atoms with Gasteiger partial charge in [0.25, 0.3) is 0 Å². The van der Waals surface area contributed by atoms with Gasteiger partial charge in [-0.05, 0) is 74.7 Å². The Kier molecular flexibility index (Phi) is 6.51. The zero-order valence-corrected chi connectivity index (χ0v) is 21.2. The van der Waals surface area contributed by atoms with E-state index in [1.165, 1.54) is 12.8 Å². The molecule has 35 heavy (non-hydrogen) atoms. The van der Waals surface area contributed by atoms with Gasteiger partial charge in [0.2, 0.25) is 0 Å². The second kappa shape index (κ2) is 9.73. The largest absolute Gasteiger partial charge is 0.493 e. The van der Waals surface area contributed by atoms with Crippen LogP contribution in [0, 0.1) is 5.41 Å². The van der Waals surface area contributed by atoms with Gasteiger partial charge in [-0.1, -0.05) is 6.07 Å². The van der Waals surface area contributed by atoms with Crippen LogP contribution >= 0.6 is 11.3 Å². The van der Waals surface area contributed by atoms with Gasteiger partial charge in [-0.15, -0.1) is 11.3 Å². The number of nitrogens with one attached hydrogen (secondary N) is 2. The van der Waals surface area contributed by atoms with Crippen LogP contribution in [0.5, 0.6) is 16.6 Å². The van der Waals surface area contributed by atoms with Crippen molar-refractivity contribution in [2.45, 2.75) is 57.6 Å². The molecule has 2 N–H and O–H groups in total. The predicted molar refractivity (Wildman–Crippen MR) is 136 cm³/mol. The minimum atomic E-state index is -0.379. The second-order valence-corrected chi connectivity index (χ2v) is 10.5. The van der Waals surface area contributed by atoms with Crippen molar-refractivity contribution in [3.8, 4) is 16.6 Å². The molecule has 8 nitrogen and oxygen atoms in total. The molecular weight excluding hydrogens is 462 g/mol. The van der Waals surface area contributed by atoms with Crippen molar-refractivity contribution in [2.24, 2.45) is 0 Å². The van der Waals surface area contributed by atoms with E-state index in [4.69, 9.17) is 24.6 Å². The molecule has 5 rings (SSSR count). The lowest BCUT2D eigenvalue weighted by atomic mass is 9.94. The number of H-pyrrole nitrogens is 1. The summed E-state index contributed by atoms with van der Waals surface area (Å²) < 4.78 is 19.7. The lowest BCUT2D eigenvalue weighted by Crippen LogP contribution is -2.27. The van der Waals surface area contributed by atoms with Crippen LogP contribution in [0.25, 0.3) is 11.2 Å². The molecule has 1 saturated carbocycles. The number of aromatic amines is 1. The number of hydrogen-bond acceptors (Lipinski definition) is 7. The number of rotatable bonds is 9. The van der Waals surface area contributed by atoms with Crippen molar-refractivity contribution < 1.29 is 14.2 Å². The Balaban J connectivity index is 1.42. The van der Waals surface area contributed by atoms with E-state index in [2.05, 4.69) is 23.8 Å². The summed E-state index contributed by atoms with van der Waals surface area (Å²) in [5, 5.41) is 11.2. The number of nitrogens with zero attached hydrogens (tertiary/aromatic N) is 3. The molecule has 4 aromatic rings. The summed E-state index contributed by atoms with van der Waals surface area (Å²) in [6, 6.07) is 9.94. The van der Waals surface area contributed by atoms with Crippen molar-refractivity contribution >= 4 is 22.5 Å². The number of methoxy groups -OCH3 is 1. The Labute approximate surface area is 208 Å². The average Bonchev–Trinajstić information content (AvgIpc) is 3.62. The number of hydrogen-bond donors (Lipinski definition) is 2. The number of ether oxygens (including phenoxy) is 3. The number of benzene rings is 1. The molecule has 1 aliphatic carbocycles. The fraction of sp³-hybridized carbons (Fsp3) is 0.423. The maximum atomic E-state index is 8.32. The molecule has 0 saturated heterocycles. The number of imidazole rings is 1. The van der Waals surface area contributed by atoms with E-state index in [-0.39, 0.29) is 17.0 Å². The first-order valence-corrected chi connectivity index (χ1v) is 12.8. The van der Waals surface area contributed by atoms with E-state index in [0.29, 0.717) is 24.3 Å². The highest BCUT2D eigenvalue weighted by atomic mass is 32.1. The zero-order valence-electron chi connectivity index (χ0n) is 20.3. The summed E-state index contributed by atoms with van der Waals surface area (Å²) in [5.74, 6) is 2.28. The van der Waals surface area contributed by atoms with Crippen molar-refractivity contribution in [2.75, 3.05) is 13.7 Å². The monoisotopic (exact) mass is 493 g/mol. The van der Waals surface area contributed by atoms with Gasteiger partial charge in [-0.2, -0.15) is 0 Å². The highest BCUT2D eigenvalue weighted by molar-refractivity contribution is 7.11. The normalized spacial score (nSPS) is 14.5. The van der Waals surface area contributed by atoms with Gasteiger partial charge in [0, 0.05) is 0 Å². The number of fused-ring (bicyclic) bond motifs is 1. The van der Waals surface area contributed by atoms with Crippen LogP contribution in [0.1, 0.15) is 50.9 Å². The molecule has 3 aromatic heterocycles. The van der Waals surface area contributed by atoms with Crippen LogP contribution in [0.4, 0.5) is 0 Å². The zero-order chi connectivity index (χ0) is 24.4. The molecule has 1 aromatic carbocycles. The van der Waals surface area contributed by atoms with E-state index in [0.717, 1.165) is 40.8 Å². The molecule has 9 heteroatoms. The summed E-state index contributed by atoms with van der Waals surface area (Å²) in [6.07, 6.45) is 6.50. The van der Waals surface area contributed by atoms with Gasteiger partial charge in [-0.3, -0.25) is 5.41 Å². The van der Waals surface area contributed by atoms with Gasteiger partial charge >= 0.3 is 0 Å². The van der Waals surface area contributed by atoms with Crippen molar-refractivity contribution in [3.05, 3.63) is 58.9 Å². The smallest absolute Gasteiger partial charge is 0.173 e. The molecule has 184 valence electrons. The summed E-state index contributed by atoms with van der Waals surface area (Å²) in [7, 11) is 1.67. The first kappa shape index (κ1) is 23.4. The molecule has 0 unspecified atom stereocenters. The van der Waals surface area contributed by atoms with Crippen LogP contribution in [0.2, 0.25) is 0 Å². The molecule has 0 atom stereocenters. The van der Waals surface area contributed by atoms with Gasteiger partial charge < -0.3 is 23.8 Å². The van der Waals surface area contributed by atoms with Crippen molar-refractivity contribution in [1.82, 2.24) is 19.5 Å². The number of aromatic nitrogens is 4. The molecule has 0 bridgehead atoms. The highest BCUT2D eigenvalue weighted by Gasteiger charge is 2.27. The maximum absolute atomic E-state index is 8.32. The average molecular weight is 494 g/mol. The van der Waals surface area contributed by atoms with Gasteiger partial charge in [0.15, 0.2) is 27.7 Å². The third-order valence-electron chi connectivity index (χ3n) is 6.41. The summed E-state index contributed by atoms with van der Waals surface area (Å²) in [4.78, 5) is 12.5. The SMILES string of the molecule is COc1ccc(Cn2cnc(=N)c3[nH]c(C(C)(C)COc4cccs4)nc32)cc1OC1CCCC1. The molecular formula is C26H31N5O3S. The third-order valence-corrected chi connectivity index (χ3v) is 7.19. The lowest BCUT2D eigenvalue weighted by molar-refractivity contribution is 0.200. The Hall–Kier alpha value is -3.33. The molecule has 0 radical (unpaired) electrons. The molecule has 3 heterocycles. The summed E-state index contributed by atoms with van der Waals surface area (Å²) in [5.41, 5.74) is 2.15. The minimum absolute atomic E-state index is 0.171. The van der Waals surface area contributed by atoms with Crippen molar-refractivity contribution in [3.63, 3.8) is 0 Å². The van der Waals surface area contributed by atoms with Crippen LogP contribution in [0.15, 0.2) is 42.0 Å². The fourth-order valence-corrected chi connectivity index (χ4v) is 4.95. The standard InChI is InChI=1S/C26H31N5O3S/c1-26(2,15-33-21-9-6-12-35-21)25-29-22-23(27)28-16-31(24(22)30-25)14-17-10-11-19(32-3)20(13-17)34-18-7-4-5-8-18/h6,9-13,16,18,27H,4-5,7-8,14-15H2,1-3H3,(H,29,30). The van der Waals surface area contributed by atoms with E-state index in [1.807, 2.05) is 40.3 Å². The van der Waals surface area contributed by atoms with E-state index in [1.54, 1.807) is 24.8 Å². The first-order chi connectivity index (χ1) is 16.9. The number of thiophene rings is 1. The quantitative estimate of drug-likeness (QED) is 0.341. The van der Waals surface area contributed by atoms with Gasteiger partial charge in [-0.25, -0.2) is 9.97 Å². The summed E-state index contributed by atoms with van der Waals surface area (Å²) >= 11 is 1.57. The second-order valence-electron chi connectivity index (χ2n) is 9.62. The summed E-state index contributed by atoms with van der Waals surface area (Å²) in [6.45, 7) is 5.17. The van der Waals surface area contributed by atoms with Gasteiger partial charge in [0.1, 0.15) is 17.9 Å². The molecule has 0 spiro atoms. The topological polar surface area (TPSA) is 98.0 Å². The highest BCUT2D eigenvalue weighted by Crippen LogP contribution is 2.33. The Morgan fingerprint density at radius 1 is 1.20 bits per heavy atom. The maximum Gasteiger partial charge on any atom is 0.173 e. The van der Waals surface area contributed by atoms with Crippen LogP contribution in [-0.4, -0.2) is 39.3 Å². The lowest BCUT2D eigenvalue weighted by Gasteiger charge is -2.21. The van der Waals surface area contributed by atoms with Gasteiger partial charge in [0.05, 0.1) is 31.5 Å². The predicted octanol–water partition coefficient (Wildman–Crippen LogP) is 5.04. The Bertz CT molecular complexity index is 1350. The van der Waals surface area contributed by atoms with Crippen LogP contribution in [-0.2, 0) is 12.0 Å². The van der Waals surface area contributed by atoms with Crippen LogP contribution < -0.4 is 19.7 Å². The minimum Gasteiger partial charge on any atom is -0.493 e. The Morgan fingerprint density at radius 2 is 2.03 bits per heavy atom. The molecule has 0 aliphatic heterocycles. The third kappa shape index (κ3) is 5.05. The fourth-order valence-electron chi connectivity index (χ4n) is 4.38.